The normalized spacial score (nSPS) is 10.8. The number of rotatable bonds is 2. The molecule has 15 heavy (non-hydrogen) atoms. The third kappa shape index (κ3) is 2.41. The number of hydrogen-bond donors (Lipinski definition) is 0. The van der Waals surface area contributed by atoms with Crippen LogP contribution in [0.3, 0.4) is 0 Å². The van der Waals surface area contributed by atoms with E-state index in [4.69, 9.17) is 5.26 Å². The molecule has 0 radical (unpaired) electrons. The van der Waals surface area contributed by atoms with Crippen molar-refractivity contribution in [2.24, 2.45) is 0 Å². The molecular formula is C8H10N4O2S. The van der Waals surface area contributed by atoms with Crippen molar-refractivity contribution in [3.8, 4) is 6.07 Å². The molecule has 1 aromatic rings. The zero-order valence-electron chi connectivity index (χ0n) is 8.59. The Kier molecular flexibility index (Phi) is 2.90. The van der Waals surface area contributed by atoms with Crippen molar-refractivity contribution in [1.29, 1.82) is 5.26 Å². The Morgan fingerprint density at radius 1 is 1.53 bits per heavy atom. The Hall–Kier alpha value is -1.68. The van der Waals surface area contributed by atoms with E-state index < -0.39 is 10.0 Å². The van der Waals surface area contributed by atoms with E-state index in [0.717, 1.165) is 10.6 Å². The summed E-state index contributed by atoms with van der Waals surface area (Å²) in [6.45, 7) is 1.63. The highest BCUT2D eigenvalue weighted by Gasteiger charge is 2.17. The first-order chi connectivity index (χ1) is 6.86. The standard InChI is InChI=1S/C8H10N4O2S/c1-6-10-5-7(4-9)8(11-6)12(2)15(3,13)14/h5H,1-3H3. The molecule has 0 N–H and O–H groups in total. The molecule has 0 aromatic carbocycles. The number of aromatic nitrogens is 2. The first-order valence-electron chi connectivity index (χ1n) is 4.04. The molecule has 7 heteroatoms. The summed E-state index contributed by atoms with van der Waals surface area (Å²) in [5.41, 5.74) is 0.133. The van der Waals surface area contributed by atoms with Crippen LogP contribution in [0.25, 0.3) is 0 Å². The van der Waals surface area contributed by atoms with Crippen LogP contribution in [0, 0.1) is 18.3 Å². The summed E-state index contributed by atoms with van der Waals surface area (Å²) < 4.78 is 23.5. The van der Waals surface area contributed by atoms with E-state index in [-0.39, 0.29) is 11.4 Å². The fourth-order valence-corrected chi connectivity index (χ4v) is 1.39. The summed E-state index contributed by atoms with van der Waals surface area (Å²) in [7, 11) is -2.07. The van der Waals surface area contributed by atoms with E-state index in [1.165, 1.54) is 13.2 Å². The highest BCUT2D eigenvalue weighted by molar-refractivity contribution is 7.92. The van der Waals surface area contributed by atoms with E-state index in [9.17, 15) is 8.42 Å². The van der Waals surface area contributed by atoms with Crippen LogP contribution in [0.5, 0.6) is 0 Å². The Balaban J connectivity index is 3.37. The molecule has 80 valence electrons. The molecule has 0 aliphatic rings. The predicted molar refractivity (Wildman–Crippen MR) is 54.7 cm³/mol. The van der Waals surface area contributed by atoms with Crippen LogP contribution in [-0.2, 0) is 10.0 Å². The maximum atomic E-state index is 11.3. The van der Waals surface area contributed by atoms with Crippen LogP contribution in [0.1, 0.15) is 11.4 Å². The number of aryl methyl sites for hydroxylation is 1. The quantitative estimate of drug-likeness (QED) is 0.711. The van der Waals surface area contributed by atoms with Crippen LogP contribution in [0.4, 0.5) is 5.82 Å². The summed E-state index contributed by atoms with van der Waals surface area (Å²) in [6, 6.07) is 1.84. The minimum Gasteiger partial charge on any atom is -0.256 e. The van der Waals surface area contributed by atoms with Gasteiger partial charge in [-0.15, -0.1) is 0 Å². The van der Waals surface area contributed by atoms with Gasteiger partial charge in [0, 0.05) is 7.05 Å². The van der Waals surface area contributed by atoms with Crippen LogP contribution in [0.15, 0.2) is 6.20 Å². The summed E-state index contributed by atoms with van der Waals surface area (Å²) in [5.74, 6) is 0.520. The lowest BCUT2D eigenvalue weighted by molar-refractivity contribution is 0.599. The monoisotopic (exact) mass is 226 g/mol. The maximum absolute atomic E-state index is 11.3. The third-order valence-electron chi connectivity index (χ3n) is 1.81. The SMILES string of the molecule is Cc1ncc(C#N)c(N(C)S(C)(=O)=O)n1. The topological polar surface area (TPSA) is 87.0 Å². The second kappa shape index (κ2) is 3.82. The molecule has 6 nitrogen and oxygen atoms in total. The predicted octanol–water partition coefficient (Wildman–Crippen LogP) is 0.0525. The summed E-state index contributed by atoms with van der Waals surface area (Å²) in [5, 5.41) is 8.77. The highest BCUT2D eigenvalue weighted by atomic mass is 32.2. The van der Waals surface area contributed by atoms with Gasteiger partial charge in [-0.2, -0.15) is 5.26 Å². The average molecular weight is 226 g/mol. The van der Waals surface area contributed by atoms with Gasteiger partial charge in [-0.1, -0.05) is 0 Å². The van der Waals surface area contributed by atoms with Gasteiger partial charge < -0.3 is 0 Å². The second-order valence-electron chi connectivity index (χ2n) is 3.00. The molecule has 0 spiro atoms. The van der Waals surface area contributed by atoms with E-state index in [1.807, 2.05) is 6.07 Å². The zero-order chi connectivity index (χ0) is 11.6. The number of anilines is 1. The molecule has 0 saturated carbocycles. The molecule has 0 fully saturated rings. The highest BCUT2D eigenvalue weighted by Crippen LogP contribution is 2.16. The van der Waals surface area contributed by atoms with E-state index >= 15 is 0 Å². The van der Waals surface area contributed by atoms with Crippen LogP contribution in [0.2, 0.25) is 0 Å². The molecule has 0 aliphatic heterocycles. The minimum atomic E-state index is -3.41. The first-order valence-corrected chi connectivity index (χ1v) is 5.88. The zero-order valence-corrected chi connectivity index (χ0v) is 9.41. The van der Waals surface area contributed by atoms with Gasteiger partial charge in [0.05, 0.1) is 12.5 Å². The van der Waals surface area contributed by atoms with Crippen molar-refractivity contribution in [1.82, 2.24) is 9.97 Å². The van der Waals surface area contributed by atoms with Crippen LogP contribution in [-0.4, -0.2) is 31.7 Å². The third-order valence-corrected chi connectivity index (χ3v) is 2.97. The van der Waals surface area contributed by atoms with Crippen molar-refractivity contribution in [2.75, 3.05) is 17.6 Å². The van der Waals surface area contributed by atoms with Crippen molar-refractivity contribution in [2.45, 2.75) is 6.92 Å². The number of nitrogens with zero attached hydrogens (tertiary/aromatic N) is 4. The van der Waals surface area contributed by atoms with Gasteiger partial charge in [-0.25, -0.2) is 18.4 Å². The smallest absolute Gasteiger partial charge is 0.233 e. The van der Waals surface area contributed by atoms with Gasteiger partial charge in [-0.05, 0) is 6.92 Å². The van der Waals surface area contributed by atoms with Gasteiger partial charge >= 0.3 is 0 Å². The van der Waals surface area contributed by atoms with E-state index in [1.54, 1.807) is 6.92 Å². The van der Waals surface area contributed by atoms with Crippen LogP contribution >= 0.6 is 0 Å². The van der Waals surface area contributed by atoms with Gasteiger partial charge in [0.2, 0.25) is 10.0 Å². The Bertz CT molecular complexity index is 518. The minimum absolute atomic E-state index is 0.104. The lowest BCUT2D eigenvalue weighted by Gasteiger charge is -2.16. The van der Waals surface area contributed by atoms with Gasteiger partial charge in [0.25, 0.3) is 0 Å². The summed E-state index contributed by atoms with van der Waals surface area (Å²) in [6.07, 6.45) is 2.35. The number of sulfonamides is 1. The van der Waals surface area contributed by atoms with Crippen molar-refractivity contribution < 1.29 is 8.42 Å². The van der Waals surface area contributed by atoms with E-state index in [0.29, 0.717) is 5.82 Å². The molecule has 1 aromatic heterocycles. The number of nitriles is 1. The average Bonchev–Trinajstić information content (AvgIpc) is 2.15. The fourth-order valence-electron chi connectivity index (χ4n) is 0.934. The first kappa shape index (κ1) is 11.4. The fraction of sp³-hybridized carbons (Fsp3) is 0.375. The lowest BCUT2D eigenvalue weighted by atomic mass is 10.3. The van der Waals surface area contributed by atoms with Crippen molar-refractivity contribution >= 4 is 15.8 Å². The molecule has 0 amide bonds. The van der Waals surface area contributed by atoms with Crippen molar-refractivity contribution in [3.05, 3.63) is 17.6 Å². The summed E-state index contributed by atoms with van der Waals surface area (Å²) in [4.78, 5) is 7.74. The molecule has 0 saturated heterocycles. The molecule has 1 rings (SSSR count). The summed E-state index contributed by atoms with van der Waals surface area (Å²) >= 11 is 0. The Morgan fingerprint density at radius 2 is 2.13 bits per heavy atom. The maximum Gasteiger partial charge on any atom is 0.233 e. The van der Waals surface area contributed by atoms with Gasteiger partial charge in [0.1, 0.15) is 17.5 Å². The molecule has 1 heterocycles. The molecule has 0 unspecified atom stereocenters. The van der Waals surface area contributed by atoms with Gasteiger partial charge in [-0.3, -0.25) is 4.31 Å². The Morgan fingerprint density at radius 3 is 2.60 bits per heavy atom. The largest absolute Gasteiger partial charge is 0.256 e. The van der Waals surface area contributed by atoms with Crippen molar-refractivity contribution in [3.63, 3.8) is 0 Å². The Labute approximate surface area is 88.2 Å². The molecule has 0 bridgehead atoms. The number of hydrogen-bond acceptors (Lipinski definition) is 5. The molecule has 0 aliphatic carbocycles. The second-order valence-corrected chi connectivity index (χ2v) is 5.01. The van der Waals surface area contributed by atoms with E-state index in [2.05, 4.69) is 9.97 Å². The van der Waals surface area contributed by atoms with Crippen LogP contribution < -0.4 is 4.31 Å². The molecule has 0 atom stereocenters. The van der Waals surface area contributed by atoms with Gasteiger partial charge in [0.15, 0.2) is 5.82 Å². The lowest BCUT2D eigenvalue weighted by Crippen LogP contribution is -2.27. The molecular weight excluding hydrogens is 216 g/mol.